The Hall–Kier alpha value is -2.39. The summed E-state index contributed by atoms with van der Waals surface area (Å²) in [5, 5.41) is 12.5. The van der Waals surface area contributed by atoms with Crippen molar-refractivity contribution in [3.63, 3.8) is 0 Å². The smallest absolute Gasteiger partial charge is 0.391 e. The van der Waals surface area contributed by atoms with Gasteiger partial charge in [-0.1, -0.05) is 0 Å². The zero-order valence-corrected chi connectivity index (χ0v) is 10.7. The summed E-state index contributed by atoms with van der Waals surface area (Å²) in [6, 6.07) is 0.0777. The molecule has 0 aliphatic heterocycles. The van der Waals surface area contributed by atoms with E-state index in [1.54, 1.807) is 0 Å². The molecule has 1 amide bonds. The summed E-state index contributed by atoms with van der Waals surface area (Å²) < 4.78 is 50.0. The minimum Gasteiger partial charge on any atom is -0.392 e. The van der Waals surface area contributed by atoms with E-state index in [-0.39, 0.29) is 0 Å². The van der Waals surface area contributed by atoms with Crippen molar-refractivity contribution in [1.29, 1.82) is 0 Å². The normalized spacial score (nSPS) is 12.8. The number of nitro groups is 1. The minimum atomic E-state index is -4.51. The Balaban J connectivity index is 3.03. The lowest BCUT2D eigenvalue weighted by Gasteiger charge is -2.16. The third-order valence-corrected chi connectivity index (χ3v) is 2.51. The van der Waals surface area contributed by atoms with Crippen LogP contribution in [0.25, 0.3) is 0 Å². The van der Waals surface area contributed by atoms with Crippen molar-refractivity contribution in [2.75, 3.05) is 5.73 Å². The van der Waals surface area contributed by atoms with Crippen LogP contribution < -0.4 is 11.1 Å². The minimum absolute atomic E-state index is 0.651. The molecule has 21 heavy (non-hydrogen) atoms. The van der Waals surface area contributed by atoms with Gasteiger partial charge in [0.25, 0.3) is 11.6 Å². The fourth-order valence-corrected chi connectivity index (χ4v) is 1.67. The van der Waals surface area contributed by atoms with Crippen LogP contribution in [0.1, 0.15) is 23.7 Å². The highest BCUT2D eigenvalue weighted by atomic mass is 19.4. The molecule has 0 saturated heterocycles. The second kappa shape index (κ2) is 5.94. The van der Waals surface area contributed by atoms with Crippen LogP contribution in [-0.2, 0) is 0 Å². The number of carbonyl (C=O) groups is 1. The van der Waals surface area contributed by atoms with Crippen LogP contribution in [0, 0.1) is 15.9 Å². The summed E-state index contributed by atoms with van der Waals surface area (Å²) in [6.07, 6.45) is -5.84. The molecule has 0 aliphatic rings. The van der Waals surface area contributed by atoms with Gasteiger partial charge >= 0.3 is 6.18 Å². The van der Waals surface area contributed by atoms with Crippen molar-refractivity contribution < 1.29 is 27.3 Å². The molecule has 0 radical (unpaired) electrons. The van der Waals surface area contributed by atoms with E-state index in [1.165, 1.54) is 0 Å². The Morgan fingerprint density at radius 1 is 1.48 bits per heavy atom. The fourth-order valence-electron chi connectivity index (χ4n) is 1.67. The predicted octanol–water partition coefficient (Wildman–Crippen LogP) is 2.39. The molecule has 0 heterocycles. The number of halogens is 4. The molecule has 6 nitrogen and oxygen atoms in total. The van der Waals surface area contributed by atoms with E-state index in [0.717, 1.165) is 13.0 Å². The molecule has 0 aromatic heterocycles. The van der Waals surface area contributed by atoms with Crippen molar-refractivity contribution in [2.45, 2.75) is 25.6 Å². The number of nitrogen functional groups attached to an aromatic ring is 1. The van der Waals surface area contributed by atoms with Crippen molar-refractivity contribution >= 4 is 17.3 Å². The van der Waals surface area contributed by atoms with Crippen LogP contribution in [-0.4, -0.2) is 23.0 Å². The zero-order valence-electron chi connectivity index (χ0n) is 10.7. The van der Waals surface area contributed by atoms with Crippen LogP contribution >= 0.6 is 0 Å². The number of alkyl halides is 3. The van der Waals surface area contributed by atoms with Crippen molar-refractivity contribution in [2.24, 2.45) is 0 Å². The summed E-state index contributed by atoms with van der Waals surface area (Å²) in [4.78, 5) is 21.5. The number of hydrogen-bond acceptors (Lipinski definition) is 4. The zero-order chi connectivity index (χ0) is 16.4. The first-order valence-corrected chi connectivity index (χ1v) is 5.63. The average molecular weight is 309 g/mol. The first kappa shape index (κ1) is 16.7. The lowest BCUT2D eigenvalue weighted by molar-refractivity contribution is -0.384. The molecule has 0 bridgehead atoms. The molecule has 0 saturated carbocycles. The van der Waals surface area contributed by atoms with Gasteiger partial charge in [0.05, 0.1) is 11.3 Å². The fraction of sp³-hybridized carbons (Fsp3) is 0.364. The predicted molar refractivity (Wildman–Crippen MR) is 65.1 cm³/mol. The number of anilines is 1. The lowest BCUT2D eigenvalue weighted by atomic mass is 10.1. The monoisotopic (exact) mass is 309 g/mol. The number of rotatable bonds is 4. The van der Waals surface area contributed by atoms with Crippen LogP contribution in [0.2, 0.25) is 0 Å². The number of nitro benzene ring substituents is 1. The second-order valence-electron chi connectivity index (χ2n) is 4.31. The largest absolute Gasteiger partial charge is 0.392 e. The van der Waals surface area contributed by atoms with Gasteiger partial charge in [-0.05, 0) is 13.0 Å². The molecule has 0 spiro atoms. The SMILES string of the molecule is CC(CC(F)(F)F)NC(=O)c1c(F)ccc([N+](=O)[O-])c1N. The van der Waals surface area contributed by atoms with Gasteiger partial charge in [0, 0.05) is 12.1 Å². The highest BCUT2D eigenvalue weighted by Crippen LogP contribution is 2.28. The van der Waals surface area contributed by atoms with E-state index in [2.05, 4.69) is 0 Å². The van der Waals surface area contributed by atoms with E-state index in [9.17, 15) is 32.5 Å². The van der Waals surface area contributed by atoms with Crippen LogP contribution in [0.15, 0.2) is 12.1 Å². The summed E-state index contributed by atoms with van der Waals surface area (Å²) in [5.74, 6) is -2.40. The number of nitrogens with two attached hydrogens (primary N) is 1. The first-order chi connectivity index (χ1) is 9.53. The summed E-state index contributed by atoms with van der Waals surface area (Å²) in [7, 11) is 0. The molecule has 0 fully saturated rings. The van der Waals surface area contributed by atoms with Gasteiger partial charge in [-0.15, -0.1) is 0 Å². The summed E-state index contributed by atoms with van der Waals surface area (Å²) in [5.41, 5.74) is 3.03. The Labute approximate surface area is 116 Å². The molecule has 1 unspecified atom stereocenters. The van der Waals surface area contributed by atoms with Crippen LogP contribution in [0.3, 0.4) is 0 Å². The lowest BCUT2D eigenvalue weighted by Crippen LogP contribution is -2.36. The van der Waals surface area contributed by atoms with Gasteiger partial charge in [0.2, 0.25) is 0 Å². The molecule has 0 aliphatic carbocycles. The van der Waals surface area contributed by atoms with Crippen LogP contribution in [0.5, 0.6) is 0 Å². The average Bonchev–Trinajstić information content (AvgIpc) is 2.24. The number of carbonyl (C=O) groups excluding carboxylic acids is 1. The standard InChI is InChI=1S/C11H11F4N3O3/c1-5(4-11(13,14)15)17-10(19)8-6(12)2-3-7(9(8)16)18(20)21/h2-3,5H,4,16H2,1H3,(H,17,19). The van der Waals surface area contributed by atoms with E-state index in [0.29, 0.717) is 6.07 Å². The number of benzene rings is 1. The Bertz CT molecular complexity index is 575. The van der Waals surface area contributed by atoms with Crippen molar-refractivity contribution in [3.8, 4) is 0 Å². The highest BCUT2D eigenvalue weighted by molar-refractivity contribution is 6.01. The number of nitrogens with zero attached hydrogens (tertiary/aromatic N) is 1. The van der Waals surface area contributed by atoms with Gasteiger partial charge in [0.15, 0.2) is 0 Å². The van der Waals surface area contributed by atoms with Crippen molar-refractivity contribution in [1.82, 2.24) is 5.32 Å². The van der Waals surface area contributed by atoms with Gasteiger partial charge in [-0.2, -0.15) is 13.2 Å². The Morgan fingerprint density at radius 2 is 2.05 bits per heavy atom. The molecule has 3 N–H and O–H groups in total. The van der Waals surface area contributed by atoms with Gasteiger partial charge < -0.3 is 11.1 Å². The highest BCUT2D eigenvalue weighted by Gasteiger charge is 2.32. The quantitative estimate of drug-likeness (QED) is 0.386. The number of hydrogen-bond donors (Lipinski definition) is 2. The number of nitrogens with one attached hydrogen (secondary N) is 1. The maximum atomic E-state index is 13.5. The molecule has 10 heteroatoms. The molecule has 1 rings (SSSR count). The second-order valence-corrected chi connectivity index (χ2v) is 4.31. The first-order valence-electron chi connectivity index (χ1n) is 5.63. The third-order valence-electron chi connectivity index (χ3n) is 2.51. The summed E-state index contributed by atoms with van der Waals surface area (Å²) >= 11 is 0. The molecule has 1 aromatic rings. The summed E-state index contributed by atoms with van der Waals surface area (Å²) in [6.45, 7) is 1.07. The molecular weight excluding hydrogens is 298 g/mol. The molecular formula is C11H11F4N3O3. The van der Waals surface area contributed by atoms with E-state index in [1.807, 2.05) is 5.32 Å². The Kier molecular flexibility index (Phi) is 4.71. The van der Waals surface area contributed by atoms with Crippen molar-refractivity contribution in [3.05, 3.63) is 33.6 Å². The maximum Gasteiger partial charge on any atom is 0.391 e. The topological polar surface area (TPSA) is 98.3 Å². The van der Waals surface area contributed by atoms with Gasteiger partial charge in [0.1, 0.15) is 17.1 Å². The van der Waals surface area contributed by atoms with Crippen LogP contribution in [0.4, 0.5) is 28.9 Å². The van der Waals surface area contributed by atoms with Gasteiger partial charge in [-0.3, -0.25) is 14.9 Å². The molecule has 1 aromatic carbocycles. The molecule has 116 valence electrons. The van der Waals surface area contributed by atoms with Gasteiger partial charge in [-0.25, -0.2) is 4.39 Å². The third kappa shape index (κ3) is 4.29. The van der Waals surface area contributed by atoms with E-state index >= 15 is 0 Å². The van der Waals surface area contributed by atoms with E-state index < -0.39 is 52.2 Å². The maximum absolute atomic E-state index is 13.5. The molecule has 1 atom stereocenters. The Morgan fingerprint density at radius 3 is 2.52 bits per heavy atom. The number of amides is 1. The van der Waals surface area contributed by atoms with E-state index in [4.69, 9.17) is 5.73 Å².